The zero-order valence-electron chi connectivity index (χ0n) is 50.4. The highest BCUT2D eigenvalue weighted by atomic mass is 31.2. The molecule has 14 heteroatoms. The number of hydrogen-bond donors (Lipinski definition) is 0. The van der Waals surface area contributed by atoms with Crippen LogP contribution in [0, 0.1) is 0 Å². The molecule has 12 nitrogen and oxygen atoms in total. The van der Waals surface area contributed by atoms with Gasteiger partial charge >= 0.3 is 0 Å². The van der Waals surface area contributed by atoms with Gasteiger partial charge in [0.1, 0.15) is 61.4 Å². The van der Waals surface area contributed by atoms with E-state index in [0.29, 0.717) is 64.4 Å². The van der Waals surface area contributed by atoms with E-state index >= 15 is 9.13 Å². The predicted molar refractivity (Wildman–Crippen MR) is 337 cm³/mol. The molecule has 0 amide bonds. The Hall–Kier alpha value is -7.14. The molecule has 0 N–H and O–H groups in total. The summed E-state index contributed by atoms with van der Waals surface area (Å²) >= 11 is 0. The van der Waals surface area contributed by atoms with E-state index in [1.54, 1.807) is 0 Å². The Balaban J connectivity index is 0.864. The van der Waals surface area contributed by atoms with E-state index in [1.165, 1.54) is 0 Å². The second-order valence-electron chi connectivity index (χ2n) is 26.1. The van der Waals surface area contributed by atoms with Gasteiger partial charge in [-0.25, -0.2) is 0 Å². The number of nitrogens with zero attached hydrogens (tertiary/aromatic N) is 4. The highest BCUT2D eigenvalue weighted by Gasteiger charge is 2.52. The van der Waals surface area contributed by atoms with Crippen molar-refractivity contribution in [3.05, 3.63) is 212 Å². The normalized spacial score (nSPS) is 20.2. The molecule has 2 atom stereocenters. The molecule has 0 radical (unpaired) electrons. The van der Waals surface area contributed by atoms with E-state index in [9.17, 15) is 0 Å². The fourth-order valence-corrected chi connectivity index (χ4v) is 19.1. The molecule has 0 aliphatic carbocycles. The first-order valence-corrected chi connectivity index (χ1v) is 32.8. The van der Waals surface area contributed by atoms with Gasteiger partial charge in [0, 0.05) is 77.8 Å². The Morgan fingerprint density at radius 2 is 0.659 bits per heavy atom. The van der Waals surface area contributed by atoms with Crippen molar-refractivity contribution in [3.8, 4) is 56.8 Å². The van der Waals surface area contributed by atoms with Gasteiger partial charge in [0.15, 0.2) is 0 Å². The number of benzene rings is 8. The van der Waals surface area contributed by atoms with E-state index in [0.717, 1.165) is 136 Å². The minimum atomic E-state index is -3.61. The number of hydrogen-bond acceptors (Lipinski definition) is 12. The molecule has 8 aromatic carbocycles. The number of para-hydroxylation sites is 2. The van der Waals surface area contributed by atoms with Crippen LogP contribution in [0.25, 0.3) is 22.3 Å². The van der Waals surface area contributed by atoms with Crippen LogP contribution in [0.15, 0.2) is 146 Å². The van der Waals surface area contributed by atoms with Gasteiger partial charge in [-0.1, -0.05) is 111 Å². The Morgan fingerprint density at radius 3 is 1.00 bits per heavy atom. The summed E-state index contributed by atoms with van der Waals surface area (Å²) in [5.74, 6) is 4.78. The van der Waals surface area contributed by atoms with Gasteiger partial charge < -0.3 is 28.0 Å². The predicted octanol–water partition coefficient (Wildman–Crippen LogP) is 14.1. The molecule has 0 spiro atoms. The summed E-state index contributed by atoms with van der Waals surface area (Å²) in [6, 6.07) is 50.1. The van der Waals surface area contributed by atoms with E-state index in [1.807, 2.05) is 84.9 Å². The van der Waals surface area contributed by atoms with Gasteiger partial charge in [0.05, 0.1) is 20.9 Å². The van der Waals surface area contributed by atoms with Crippen molar-refractivity contribution >= 4 is 25.3 Å². The Bertz CT molecular complexity index is 3890. The molecule has 0 saturated heterocycles. The van der Waals surface area contributed by atoms with Crippen LogP contribution < -0.4 is 38.6 Å². The van der Waals surface area contributed by atoms with Crippen molar-refractivity contribution in [3.63, 3.8) is 0 Å². The molecular formula is C71H74N4O8P2. The quantitative estimate of drug-likeness (QED) is 0.122. The van der Waals surface area contributed by atoms with Crippen LogP contribution in [0.4, 0.5) is 0 Å². The van der Waals surface area contributed by atoms with Gasteiger partial charge in [-0.05, 0) is 160 Å². The monoisotopic (exact) mass is 1170 g/mol. The molecule has 8 aromatic rings. The lowest BCUT2D eigenvalue weighted by Gasteiger charge is -2.40. The smallest absolute Gasteiger partial charge is 0.287 e. The third-order valence-electron chi connectivity index (χ3n) is 18.8. The number of fused-ring (bicyclic) bond motifs is 10. The minimum absolute atomic E-state index is 0.452. The van der Waals surface area contributed by atoms with Crippen LogP contribution in [-0.4, -0.2) is 74.7 Å². The van der Waals surface area contributed by atoms with Crippen molar-refractivity contribution in [2.45, 2.75) is 96.3 Å². The lowest BCUT2D eigenvalue weighted by molar-refractivity contribution is 0.118. The van der Waals surface area contributed by atoms with Gasteiger partial charge in [-0.15, -0.1) is 0 Å². The summed E-state index contributed by atoms with van der Waals surface area (Å²) in [5.41, 5.74) is 15.9. The van der Waals surface area contributed by atoms with E-state index in [4.69, 9.17) is 28.0 Å². The first kappa shape index (κ1) is 55.7. The highest BCUT2D eigenvalue weighted by molar-refractivity contribution is 7.69. The van der Waals surface area contributed by atoms with Crippen molar-refractivity contribution < 1.29 is 37.1 Å². The van der Waals surface area contributed by atoms with Crippen LogP contribution in [0.3, 0.4) is 0 Å². The zero-order valence-corrected chi connectivity index (χ0v) is 52.2. The summed E-state index contributed by atoms with van der Waals surface area (Å²) in [4.78, 5) is 8.75. The van der Waals surface area contributed by atoms with Crippen LogP contribution in [-0.2, 0) is 63.9 Å². The molecule has 436 valence electrons. The number of ether oxygens (including phenoxy) is 4. The van der Waals surface area contributed by atoms with Crippen LogP contribution >= 0.6 is 14.7 Å². The SMILES string of the molecule is CN1COc2c(Cc3cc(C(C)(C)P4(=O)Oc5ccccc5-c5ccccc54)cc4c3OCN(C)C4)cc(C(C)(C)c3cc(Cc4cc(C(C)(C)P5(=O)Oc6ccccc6-c6ccccc65)cc5c4OCN(C)C5)c4c(c3)CN(C)CO4)cc2C1. The minimum Gasteiger partial charge on any atom is -0.478 e. The van der Waals surface area contributed by atoms with Gasteiger partial charge in [0.25, 0.3) is 14.7 Å². The highest BCUT2D eigenvalue weighted by Crippen LogP contribution is 2.68. The molecule has 0 fully saturated rings. The van der Waals surface area contributed by atoms with Crippen molar-refractivity contribution in [2.75, 3.05) is 55.1 Å². The summed E-state index contributed by atoms with van der Waals surface area (Å²) in [5, 5.41) is -0.419. The third-order valence-corrected chi connectivity index (χ3v) is 25.2. The van der Waals surface area contributed by atoms with Gasteiger partial charge in [-0.2, -0.15) is 0 Å². The summed E-state index contributed by atoms with van der Waals surface area (Å²) < 4.78 is 72.5. The van der Waals surface area contributed by atoms with Gasteiger partial charge in [0.2, 0.25) is 0 Å². The molecule has 0 saturated carbocycles. The molecule has 85 heavy (non-hydrogen) atoms. The molecule has 2 unspecified atom stereocenters. The zero-order chi connectivity index (χ0) is 59.0. The second-order valence-corrected chi connectivity index (χ2v) is 31.8. The molecule has 14 rings (SSSR count). The van der Waals surface area contributed by atoms with Crippen molar-refractivity contribution in [2.24, 2.45) is 0 Å². The molecule has 0 aromatic heterocycles. The lowest BCUT2D eigenvalue weighted by atomic mass is 9.75. The van der Waals surface area contributed by atoms with Gasteiger partial charge in [-0.3, -0.25) is 28.7 Å². The maximum atomic E-state index is 16.0. The van der Waals surface area contributed by atoms with E-state index in [2.05, 4.69) is 150 Å². The molecule has 6 heterocycles. The summed E-state index contributed by atoms with van der Waals surface area (Å²) in [6.07, 6.45) is 1.04. The maximum Gasteiger partial charge on any atom is 0.287 e. The average molecular weight is 1170 g/mol. The fraction of sp³-hybridized carbons (Fsp3) is 0.324. The van der Waals surface area contributed by atoms with E-state index < -0.39 is 30.5 Å². The standard InChI is InChI=1S/C71H74N4O8P2/c1-69(2,53-29-45(65-49(33-53)37-72(7)41-78-65)27-47-31-55(35-51-39-74(9)43-80-67(47)51)70(3,4)84(76)63-25-17-13-21-59(63)57-19-11-15-23-61(57)82-84)54-30-46(66-50(34-54)38-73(8)42-79-66)28-48-32-56(36-52-40-75(10)44-81-68(48)52)71(5,6)85(77)64-26-18-14-22-60(64)58-20-12-16-24-62(58)83-85/h11-26,29-36H,27-28,37-44H2,1-10H3. The summed E-state index contributed by atoms with van der Waals surface area (Å²) in [6.45, 7) is 17.6. The molecule has 6 aliphatic rings. The van der Waals surface area contributed by atoms with Crippen molar-refractivity contribution in [1.82, 2.24) is 19.6 Å². The van der Waals surface area contributed by atoms with Crippen LogP contribution in [0.5, 0.6) is 34.5 Å². The fourth-order valence-electron chi connectivity index (χ4n) is 13.8. The lowest BCUT2D eigenvalue weighted by Crippen LogP contribution is -2.33. The maximum absolute atomic E-state index is 16.0. The Kier molecular flexibility index (Phi) is 13.4. The average Bonchev–Trinajstić information content (AvgIpc) is 2.65. The summed E-state index contributed by atoms with van der Waals surface area (Å²) in [7, 11) is 1.10. The molecule has 6 aliphatic heterocycles. The third kappa shape index (κ3) is 9.16. The Labute approximate surface area is 500 Å². The Morgan fingerprint density at radius 1 is 0.376 bits per heavy atom. The topological polar surface area (TPSA) is 102 Å². The second kappa shape index (κ2) is 20.5. The van der Waals surface area contributed by atoms with Crippen LogP contribution in [0.2, 0.25) is 0 Å². The molecule has 0 bridgehead atoms. The van der Waals surface area contributed by atoms with Crippen molar-refractivity contribution in [1.29, 1.82) is 0 Å². The van der Waals surface area contributed by atoms with Crippen LogP contribution in [0.1, 0.15) is 108 Å². The van der Waals surface area contributed by atoms with E-state index in [-0.39, 0.29) is 0 Å². The number of rotatable bonds is 10. The first-order chi connectivity index (χ1) is 40.7. The first-order valence-electron chi connectivity index (χ1n) is 29.6. The largest absolute Gasteiger partial charge is 0.478 e. The molecular weight excluding hydrogens is 1100 g/mol.